The maximum atomic E-state index is 12.5. The quantitative estimate of drug-likeness (QED) is 0.337. The van der Waals surface area contributed by atoms with Gasteiger partial charge in [-0.25, -0.2) is 4.79 Å². The van der Waals surface area contributed by atoms with Crippen molar-refractivity contribution in [2.24, 2.45) is 0 Å². The predicted octanol–water partition coefficient (Wildman–Crippen LogP) is 3.08. The Hall–Kier alpha value is -3.65. The van der Waals surface area contributed by atoms with E-state index in [4.69, 9.17) is 14.6 Å². The summed E-state index contributed by atoms with van der Waals surface area (Å²) in [5.41, 5.74) is 4.37. The Labute approximate surface area is 192 Å². The van der Waals surface area contributed by atoms with E-state index >= 15 is 0 Å². The maximum absolute atomic E-state index is 12.5. The number of nitrogens with one attached hydrogen (secondary N) is 2. The Morgan fingerprint density at radius 3 is 2.30 bits per heavy atom. The third-order valence-electron chi connectivity index (χ3n) is 5.38. The summed E-state index contributed by atoms with van der Waals surface area (Å²) < 4.78 is 10.7. The number of aliphatic carboxylic acids is 1. The van der Waals surface area contributed by atoms with Crippen molar-refractivity contribution < 1.29 is 29.0 Å². The molecule has 33 heavy (non-hydrogen) atoms. The lowest BCUT2D eigenvalue weighted by molar-refractivity contribution is -0.137. The zero-order valence-corrected chi connectivity index (χ0v) is 18.3. The van der Waals surface area contributed by atoms with Crippen LogP contribution in [0.15, 0.2) is 61.2 Å². The molecule has 174 valence electrons. The van der Waals surface area contributed by atoms with Crippen molar-refractivity contribution in [3.05, 3.63) is 72.3 Å². The molecule has 0 radical (unpaired) electrons. The lowest BCUT2D eigenvalue weighted by atomic mass is 9.98. The number of carbonyl (C=O) groups is 3. The molecule has 1 aliphatic carbocycles. The van der Waals surface area contributed by atoms with Gasteiger partial charge >= 0.3 is 12.1 Å². The van der Waals surface area contributed by atoms with E-state index in [2.05, 4.69) is 17.2 Å². The number of ether oxygens (including phenoxy) is 2. The van der Waals surface area contributed by atoms with Gasteiger partial charge in [0.2, 0.25) is 5.91 Å². The Balaban J connectivity index is 1.59. The van der Waals surface area contributed by atoms with Gasteiger partial charge in [-0.2, -0.15) is 0 Å². The number of rotatable bonds is 12. The number of carboxylic acids is 1. The van der Waals surface area contributed by atoms with Crippen LogP contribution in [0, 0.1) is 0 Å². The summed E-state index contributed by atoms with van der Waals surface area (Å²) >= 11 is 0. The monoisotopic (exact) mass is 452 g/mol. The Morgan fingerprint density at radius 2 is 1.70 bits per heavy atom. The summed E-state index contributed by atoms with van der Waals surface area (Å²) in [5, 5.41) is 14.1. The van der Waals surface area contributed by atoms with Crippen LogP contribution in [-0.4, -0.2) is 55.5 Å². The molecule has 3 rings (SSSR count). The van der Waals surface area contributed by atoms with E-state index in [1.165, 1.54) is 0 Å². The highest BCUT2D eigenvalue weighted by Gasteiger charge is 2.29. The number of alkyl carbamates (subject to hydrolysis) is 1. The molecule has 3 N–H and O–H groups in total. The average Bonchev–Trinajstić information content (AvgIpc) is 3.13. The van der Waals surface area contributed by atoms with Crippen LogP contribution in [0.25, 0.3) is 11.1 Å². The van der Waals surface area contributed by atoms with Crippen LogP contribution in [0.1, 0.15) is 29.9 Å². The highest BCUT2D eigenvalue weighted by molar-refractivity contribution is 5.86. The molecule has 0 saturated carbocycles. The zero-order valence-electron chi connectivity index (χ0n) is 18.3. The molecule has 8 nitrogen and oxygen atoms in total. The number of carboxylic acid groups (broad SMARTS) is 1. The number of amides is 2. The third kappa shape index (κ3) is 6.43. The first-order valence-corrected chi connectivity index (χ1v) is 10.8. The zero-order chi connectivity index (χ0) is 23.6. The van der Waals surface area contributed by atoms with E-state index in [0.29, 0.717) is 6.61 Å². The van der Waals surface area contributed by atoms with E-state index < -0.39 is 24.0 Å². The molecule has 1 unspecified atom stereocenters. The molecular weight excluding hydrogens is 424 g/mol. The normalized spacial score (nSPS) is 12.8. The molecule has 8 heteroatoms. The molecular formula is C25H28N2O6. The Bertz CT molecular complexity index is 960. The number of hydrogen-bond acceptors (Lipinski definition) is 5. The SMILES string of the molecule is C=CCOCCNC(=O)C(CCC(=O)O)NC(=O)OCC1c2ccccc2-c2ccccc21. The van der Waals surface area contributed by atoms with Crippen LogP contribution >= 0.6 is 0 Å². The minimum Gasteiger partial charge on any atom is -0.481 e. The molecule has 0 fully saturated rings. The second-order valence-corrected chi connectivity index (χ2v) is 7.61. The highest BCUT2D eigenvalue weighted by atomic mass is 16.5. The standard InChI is InChI=1S/C25H28N2O6/c1-2-14-32-15-13-26-24(30)22(11-12-23(28)29)27-25(31)33-16-21-19-9-5-3-7-17(19)18-8-4-6-10-20(18)21/h2-10,21-22H,1,11-16H2,(H,26,30)(H,27,31)(H,28,29). The second kappa shape index (κ2) is 11.8. The van der Waals surface area contributed by atoms with Crippen LogP contribution in [0.4, 0.5) is 4.79 Å². The van der Waals surface area contributed by atoms with Crippen LogP contribution in [0.5, 0.6) is 0 Å². The Kier molecular flexibility index (Phi) is 8.60. The molecule has 0 aliphatic heterocycles. The van der Waals surface area contributed by atoms with Crippen molar-refractivity contribution in [2.45, 2.75) is 24.8 Å². The molecule has 2 aromatic rings. The van der Waals surface area contributed by atoms with Crippen molar-refractivity contribution in [1.82, 2.24) is 10.6 Å². The van der Waals surface area contributed by atoms with E-state index in [1.54, 1.807) is 6.08 Å². The van der Waals surface area contributed by atoms with Gasteiger partial charge in [-0.05, 0) is 28.7 Å². The van der Waals surface area contributed by atoms with Crippen LogP contribution in [0.3, 0.4) is 0 Å². The number of fused-ring (bicyclic) bond motifs is 3. The van der Waals surface area contributed by atoms with Gasteiger partial charge < -0.3 is 25.2 Å². The van der Waals surface area contributed by atoms with Gasteiger partial charge in [-0.3, -0.25) is 9.59 Å². The van der Waals surface area contributed by atoms with Gasteiger partial charge in [0.15, 0.2) is 0 Å². The molecule has 1 atom stereocenters. The van der Waals surface area contributed by atoms with Gasteiger partial charge in [0.25, 0.3) is 0 Å². The van der Waals surface area contributed by atoms with Gasteiger partial charge in [-0.15, -0.1) is 6.58 Å². The molecule has 0 spiro atoms. The van der Waals surface area contributed by atoms with Crippen molar-refractivity contribution in [1.29, 1.82) is 0 Å². The first-order chi connectivity index (χ1) is 16.0. The minimum atomic E-state index is -1.06. The molecule has 2 amide bonds. The maximum Gasteiger partial charge on any atom is 0.407 e. The van der Waals surface area contributed by atoms with E-state index in [-0.39, 0.29) is 38.5 Å². The lowest BCUT2D eigenvalue weighted by Crippen LogP contribution is -2.48. The number of benzene rings is 2. The summed E-state index contributed by atoms with van der Waals surface area (Å²) in [4.78, 5) is 35.9. The van der Waals surface area contributed by atoms with Crippen LogP contribution < -0.4 is 10.6 Å². The van der Waals surface area contributed by atoms with E-state index in [1.807, 2.05) is 48.5 Å². The Morgan fingerprint density at radius 1 is 1.06 bits per heavy atom. The first kappa shape index (κ1) is 24.0. The third-order valence-corrected chi connectivity index (χ3v) is 5.38. The summed E-state index contributed by atoms with van der Waals surface area (Å²) in [7, 11) is 0. The van der Waals surface area contributed by atoms with Gasteiger partial charge in [-0.1, -0.05) is 54.6 Å². The smallest absolute Gasteiger partial charge is 0.407 e. The summed E-state index contributed by atoms with van der Waals surface area (Å²) in [6.45, 7) is 4.49. The van der Waals surface area contributed by atoms with Crippen LogP contribution in [0.2, 0.25) is 0 Å². The van der Waals surface area contributed by atoms with Crippen molar-refractivity contribution in [3.63, 3.8) is 0 Å². The molecule has 0 aromatic heterocycles. The average molecular weight is 453 g/mol. The fourth-order valence-electron chi connectivity index (χ4n) is 3.86. The molecule has 2 aromatic carbocycles. The van der Waals surface area contributed by atoms with E-state index in [0.717, 1.165) is 22.3 Å². The van der Waals surface area contributed by atoms with Crippen LogP contribution in [-0.2, 0) is 19.1 Å². The molecule has 0 bridgehead atoms. The highest BCUT2D eigenvalue weighted by Crippen LogP contribution is 2.44. The van der Waals surface area contributed by atoms with Gasteiger partial charge in [0, 0.05) is 18.9 Å². The minimum absolute atomic E-state index is 0.0567. The lowest BCUT2D eigenvalue weighted by Gasteiger charge is -2.19. The predicted molar refractivity (Wildman–Crippen MR) is 123 cm³/mol. The van der Waals surface area contributed by atoms with Crippen molar-refractivity contribution in [3.8, 4) is 11.1 Å². The molecule has 0 saturated heterocycles. The summed E-state index contributed by atoms with van der Waals surface area (Å²) in [6.07, 6.45) is 0.495. The fraction of sp³-hybridized carbons (Fsp3) is 0.320. The number of hydrogen-bond donors (Lipinski definition) is 3. The topological polar surface area (TPSA) is 114 Å². The van der Waals surface area contributed by atoms with Crippen molar-refractivity contribution in [2.75, 3.05) is 26.4 Å². The van der Waals surface area contributed by atoms with E-state index in [9.17, 15) is 14.4 Å². The second-order valence-electron chi connectivity index (χ2n) is 7.61. The largest absolute Gasteiger partial charge is 0.481 e. The fourth-order valence-corrected chi connectivity index (χ4v) is 3.86. The van der Waals surface area contributed by atoms with Gasteiger partial charge in [0.1, 0.15) is 12.6 Å². The summed E-state index contributed by atoms with van der Waals surface area (Å²) in [5.74, 6) is -1.67. The first-order valence-electron chi connectivity index (χ1n) is 10.8. The van der Waals surface area contributed by atoms with Gasteiger partial charge in [0.05, 0.1) is 13.2 Å². The number of carbonyl (C=O) groups excluding carboxylic acids is 2. The van der Waals surface area contributed by atoms with Crippen molar-refractivity contribution >= 4 is 18.0 Å². The summed E-state index contributed by atoms with van der Waals surface area (Å²) in [6, 6.07) is 14.9. The molecule has 1 aliphatic rings. The molecule has 0 heterocycles.